The SMILES string of the molecule is O.[Ca].[Gd].[Y]. The molecule has 21 valence electrons. The van der Waals surface area contributed by atoms with Crippen LogP contribution in [0.4, 0.5) is 0 Å². The maximum absolute atomic E-state index is 0. The molecule has 4 heavy (non-hydrogen) atoms. The Morgan fingerprint density at radius 2 is 1.00 bits per heavy atom. The first kappa shape index (κ1) is 25.4. The van der Waals surface area contributed by atoms with E-state index in [0.29, 0.717) is 0 Å². The minimum Gasteiger partial charge on any atom is -0.412 e. The average molecular weight is 304 g/mol. The van der Waals surface area contributed by atoms with Crippen LogP contribution < -0.4 is 0 Å². The fourth-order valence-electron chi connectivity index (χ4n) is 0. The van der Waals surface area contributed by atoms with Gasteiger partial charge in [-0.3, -0.25) is 0 Å². The van der Waals surface area contributed by atoms with Gasteiger partial charge in [-0.25, -0.2) is 0 Å². The van der Waals surface area contributed by atoms with Gasteiger partial charge in [0.15, 0.2) is 0 Å². The molecule has 0 saturated carbocycles. The Kier molecular flexibility index (Phi) is 101. The Morgan fingerprint density at radius 3 is 1.00 bits per heavy atom. The van der Waals surface area contributed by atoms with Crippen LogP contribution in [-0.2, 0) is 32.7 Å². The van der Waals surface area contributed by atoms with Gasteiger partial charge in [0, 0.05) is 110 Å². The van der Waals surface area contributed by atoms with Crippen LogP contribution >= 0.6 is 0 Å². The van der Waals surface area contributed by atoms with Crippen molar-refractivity contribution in [2.75, 3.05) is 0 Å². The molecule has 4 heteroatoms. The molecule has 0 bridgehead atoms. The summed E-state index contributed by atoms with van der Waals surface area (Å²) in [6.45, 7) is 0. The quantitative estimate of drug-likeness (QED) is 0.503. The van der Waals surface area contributed by atoms with Crippen LogP contribution in [0.5, 0.6) is 0 Å². The average Bonchev–Trinajstić information content (AvgIpc) is 0. The Hall–Kier alpha value is 3.65. The molecule has 0 heterocycles. The van der Waals surface area contributed by atoms with Crippen LogP contribution in [-0.4, -0.2) is 43.2 Å². The third-order valence-corrected chi connectivity index (χ3v) is 0. The standard InChI is InChI=1S/Ca.Gd.H2O.Y/h;;1H2;. The van der Waals surface area contributed by atoms with Crippen molar-refractivity contribution < 1.29 is 78.1 Å². The molecule has 3 radical (unpaired) electrons. The summed E-state index contributed by atoms with van der Waals surface area (Å²) in [5, 5.41) is 0. The van der Waals surface area contributed by atoms with Crippen LogP contribution in [0.25, 0.3) is 0 Å². The van der Waals surface area contributed by atoms with Crippen molar-refractivity contribution in [1.29, 1.82) is 0 Å². The van der Waals surface area contributed by atoms with Crippen LogP contribution in [0.15, 0.2) is 0 Å². The second kappa shape index (κ2) is 15.9. The molecule has 0 aliphatic heterocycles. The van der Waals surface area contributed by atoms with Gasteiger partial charge >= 0.3 is 0 Å². The first-order valence-corrected chi connectivity index (χ1v) is 0. The molecule has 0 aromatic rings. The molecule has 1 nitrogen and oxygen atoms in total. The van der Waals surface area contributed by atoms with Gasteiger partial charge in [-0.1, -0.05) is 0 Å². The Bertz CT molecular complexity index is 8.00. The second-order valence-corrected chi connectivity index (χ2v) is 0. The van der Waals surface area contributed by atoms with Gasteiger partial charge in [0.2, 0.25) is 0 Å². The number of rotatable bonds is 0. The maximum atomic E-state index is 0. The minimum atomic E-state index is 0. The zero-order chi connectivity index (χ0) is 0. The Labute approximate surface area is 113 Å². The molecule has 0 aromatic carbocycles. The molecule has 2 N–H and O–H groups in total. The van der Waals surface area contributed by atoms with E-state index >= 15 is 0 Å². The first-order valence-electron chi connectivity index (χ1n) is 0. The topological polar surface area (TPSA) is 31.5 Å². The predicted molar refractivity (Wildman–Crippen MR) is 9.37 cm³/mol. The van der Waals surface area contributed by atoms with Gasteiger partial charge in [0.1, 0.15) is 0 Å². The van der Waals surface area contributed by atoms with E-state index in [4.69, 9.17) is 0 Å². The molecule has 0 unspecified atom stereocenters. The van der Waals surface area contributed by atoms with Crippen molar-refractivity contribution in [1.82, 2.24) is 0 Å². The molecule has 0 aliphatic rings. The van der Waals surface area contributed by atoms with E-state index < -0.39 is 0 Å². The van der Waals surface area contributed by atoms with Gasteiger partial charge < -0.3 is 5.48 Å². The van der Waals surface area contributed by atoms with E-state index in [2.05, 4.69) is 0 Å². The largest absolute Gasteiger partial charge is 0.412 e. The third-order valence-electron chi connectivity index (χ3n) is 0. The van der Waals surface area contributed by atoms with E-state index in [1.54, 1.807) is 0 Å². The van der Waals surface area contributed by atoms with E-state index in [1.165, 1.54) is 0 Å². The van der Waals surface area contributed by atoms with Crippen LogP contribution in [0.3, 0.4) is 0 Å². The molecule has 0 atom stereocenters. The van der Waals surface area contributed by atoms with E-state index in [0.717, 1.165) is 0 Å². The fraction of sp³-hybridized carbons (Fsp3) is 0. The van der Waals surface area contributed by atoms with Crippen LogP contribution in [0.2, 0.25) is 0 Å². The Morgan fingerprint density at radius 1 is 1.00 bits per heavy atom. The first-order chi connectivity index (χ1) is 0. The van der Waals surface area contributed by atoms with Crippen molar-refractivity contribution >= 4 is 37.7 Å². The molecular formula is H2CaGdOY. The molecule has 0 saturated heterocycles. The van der Waals surface area contributed by atoms with E-state index in [-0.39, 0.29) is 116 Å². The summed E-state index contributed by atoms with van der Waals surface area (Å²) in [6, 6.07) is 0. The smallest absolute Gasteiger partial charge is 0 e. The van der Waals surface area contributed by atoms with Gasteiger partial charge in [-0.15, -0.1) is 0 Å². The van der Waals surface area contributed by atoms with E-state index in [9.17, 15) is 0 Å². The molecule has 0 aromatic heterocycles. The summed E-state index contributed by atoms with van der Waals surface area (Å²) in [6.07, 6.45) is 0. The van der Waals surface area contributed by atoms with E-state index in [1.807, 2.05) is 0 Å². The molecule has 0 spiro atoms. The maximum Gasteiger partial charge on any atom is 0 e. The Balaban J connectivity index is 0. The summed E-state index contributed by atoms with van der Waals surface area (Å²) >= 11 is 0. The van der Waals surface area contributed by atoms with Gasteiger partial charge in [-0.2, -0.15) is 0 Å². The molecule has 0 fully saturated rings. The van der Waals surface area contributed by atoms with Crippen LogP contribution in [0.1, 0.15) is 0 Å². The molecule has 0 aliphatic carbocycles. The van der Waals surface area contributed by atoms with Crippen molar-refractivity contribution in [3.8, 4) is 0 Å². The normalized spacial score (nSPS) is 0. The molecule has 0 amide bonds. The molecule has 0 rings (SSSR count). The zero-order valence-corrected chi connectivity index (χ0v) is 9.45. The van der Waals surface area contributed by atoms with Gasteiger partial charge in [0.05, 0.1) is 0 Å². The van der Waals surface area contributed by atoms with Crippen LogP contribution in [0, 0.1) is 39.9 Å². The number of hydrogen-bond acceptors (Lipinski definition) is 0. The number of hydrogen-bond donors (Lipinski definition) is 0. The third kappa shape index (κ3) is 9.17. The van der Waals surface area contributed by atoms with Gasteiger partial charge in [0.25, 0.3) is 0 Å². The van der Waals surface area contributed by atoms with Crippen molar-refractivity contribution in [3.05, 3.63) is 0 Å². The zero-order valence-electron chi connectivity index (χ0n) is 2.14. The summed E-state index contributed by atoms with van der Waals surface area (Å²) in [5.41, 5.74) is 0. The molecular weight excluding hydrogens is 302 g/mol. The van der Waals surface area contributed by atoms with Gasteiger partial charge in [-0.05, 0) is 0 Å². The summed E-state index contributed by atoms with van der Waals surface area (Å²) in [7, 11) is 0. The van der Waals surface area contributed by atoms with Crippen molar-refractivity contribution in [2.24, 2.45) is 0 Å². The van der Waals surface area contributed by atoms with Crippen molar-refractivity contribution in [3.63, 3.8) is 0 Å². The predicted octanol–water partition coefficient (Wildman–Crippen LogP) is -1.21. The summed E-state index contributed by atoms with van der Waals surface area (Å²) < 4.78 is 0. The fourth-order valence-corrected chi connectivity index (χ4v) is 0. The van der Waals surface area contributed by atoms with Crippen molar-refractivity contribution in [2.45, 2.75) is 0 Å². The minimum absolute atomic E-state index is 0. The monoisotopic (exact) mass is 305 g/mol. The summed E-state index contributed by atoms with van der Waals surface area (Å²) in [5.74, 6) is 0. The summed E-state index contributed by atoms with van der Waals surface area (Å²) in [4.78, 5) is 0. The second-order valence-electron chi connectivity index (χ2n) is 0.